The van der Waals surface area contributed by atoms with Crippen LogP contribution in [0.5, 0.6) is 0 Å². The van der Waals surface area contributed by atoms with Gasteiger partial charge in [-0.3, -0.25) is 4.98 Å². The van der Waals surface area contributed by atoms with E-state index in [9.17, 15) is 0 Å². The third-order valence-corrected chi connectivity index (χ3v) is 6.85. The first-order valence-electron chi connectivity index (χ1n) is 7.29. The lowest BCUT2D eigenvalue weighted by molar-refractivity contribution is 1.37. The summed E-state index contributed by atoms with van der Waals surface area (Å²) in [5.41, 5.74) is 2.22. The Morgan fingerprint density at radius 2 is 1.76 bits per heavy atom. The molecule has 3 aromatic rings. The SMILES string of the molecule is C[Si](C)(CNc1ccc2ncccc2c1)c1ccccc1. The first-order chi connectivity index (χ1) is 10.1. The molecule has 0 unspecified atom stereocenters. The maximum Gasteiger partial charge on any atom is 0.101 e. The van der Waals surface area contributed by atoms with Crippen molar-refractivity contribution >= 4 is 29.9 Å². The Hall–Kier alpha value is -2.13. The minimum Gasteiger partial charge on any atom is -0.388 e. The van der Waals surface area contributed by atoms with Gasteiger partial charge in [0.1, 0.15) is 8.07 Å². The molecule has 2 aromatic carbocycles. The lowest BCUT2D eigenvalue weighted by Gasteiger charge is -2.24. The standard InChI is InChI=1S/C18H20N2Si/c1-21(2,17-8-4-3-5-9-17)14-20-16-10-11-18-15(13-16)7-6-12-19-18/h3-13,20H,14H2,1-2H3. The van der Waals surface area contributed by atoms with Crippen molar-refractivity contribution in [3.8, 4) is 0 Å². The summed E-state index contributed by atoms with van der Waals surface area (Å²) >= 11 is 0. The molecule has 1 N–H and O–H groups in total. The van der Waals surface area contributed by atoms with Gasteiger partial charge in [0.05, 0.1) is 5.52 Å². The van der Waals surface area contributed by atoms with Crippen LogP contribution in [-0.2, 0) is 0 Å². The van der Waals surface area contributed by atoms with Gasteiger partial charge in [-0.25, -0.2) is 0 Å². The molecule has 0 aliphatic rings. The van der Waals surface area contributed by atoms with Crippen molar-refractivity contribution in [3.05, 3.63) is 66.9 Å². The van der Waals surface area contributed by atoms with Crippen molar-refractivity contribution < 1.29 is 0 Å². The fourth-order valence-electron chi connectivity index (χ4n) is 2.50. The van der Waals surface area contributed by atoms with Gasteiger partial charge in [0, 0.05) is 23.4 Å². The van der Waals surface area contributed by atoms with E-state index in [0.717, 1.165) is 11.7 Å². The van der Waals surface area contributed by atoms with Crippen molar-refractivity contribution in [1.82, 2.24) is 4.98 Å². The molecule has 3 heteroatoms. The van der Waals surface area contributed by atoms with E-state index in [1.807, 2.05) is 12.3 Å². The summed E-state index contributed by atoms with van der Waals surface area (Å²) in [6.45, 7) is 4.80. The molecule has 0 fully saturated rings. The van der Waals surface area contributed by atoms with E-state index < -0.39 is 8.07 Å². The average molecular weight is 292 g/mol. The third-order valence-electron chi connectivity index (χ3n) is 3.89. The van der Waals surface area contributed by atoms with Gasteiger partial charge in [-0.2, -0.15) is 0 Å². The van der Waals surface area contributed by atoms with Gasteiger partial charge in [0.15, 0.2) is 0 Å². The lowest BCUT2D eigenvalue weighted by Crippen LogP contribution is -2.48. The third kappa shape index (κ3) is 3.14. The van der Waals surface area contributed by atoms with Crippen molar-refractivity contribution in [2.75, 3.05) is 11.5 Å². The Morgan fingerprint density at radius 1 is 0.952 bits per heavy atom. The zero-order valence-electron chi connectivity index (χ0n) is 12.5. The minimum absolute atomic E-state index is 1.03. The van der Waals surface area contributed by atoms with Crippen LogP contribution in [-0.4, -0.2) is 19.2 Å². The Labute approximate surface area is 126 Å². The van der Waals surface area contributed by atoms with Gasteiger partial charge in [0.25, 0.3) is 0 Å². The second-order valence-electron chi connectivity index (χ2n) is 6.01. The zero-order chi connectivity index (χ0) is 14.7. The van der Waals surface area contributed by atoms with Crippen LogP contribution in [0.2, 0.25) is 13.1 Å². The molecule has 2 nitrogen and oxygen atoms in total. The Kier molecular flexibility index (Phi) is 3.75. The van der Waals surface area contributed by atoms with E-state index in [1.54, 1.807) is 0 Å². The van der Waals surface area contributed by atoms with Gasteiger partial charge >= 0.3 is 0 Å². The van der Waals surface area contributed by atoms with E-state index in [0.29, 0.717) is 0 Å². The van der Waals surface area contributed by atoms with Crippen molar-refractivity contribution in [1.29, 1.82) is 0 Å². The predicted octanol–water partition coefficient (Wildman–Crippen LogP) is 3.80. The van der Waals surface area contributed by atoms with Gasteiger partial charge in [-0.15, -0.1) is 0 Å². The number of nitrogens with zero attached hydrogens (tertiary/aromatic N) is 1. The van der Waals surface area contributed by atoms with E-state index in [2.05, 4.69) is 78.0 Å². The monoisotopic (exact) mass is 292 g/mol. The quantitative estimate of drug-likeness (QED) is 0.740. The summed E-state index contributed by atoms with van der Waals surface area (Å²) in [5.74, 6) is 0. The molecule has 0 aliphatic carbocycles. The van der Waals surface area contributed by atoms with Gasteiger partial charge in [-0.1, -0.05) is 54.7 Å². The highest BCUT2D eigenvalue weighted by Gasteiger charge is 2.22. The summed E-state index contributed by atoms with van der Waals surface area (Å²) < 4.78 is 0. The molecule has 0 saturated heterocycles. The molecule has 3 rings (SSSR count). The first kappa shape index (κ1) is 13.8. The van der Waals surface area contributed by atoms with Gasteiger partial charge in [0.2, 0.25) is 0 Å². The largest absolute Gasteiger partial charge is 0.388 e. The first-order valence-corrected chi connectivity index (χ1v) is 10.5. The second-order valence-corrected chi connectivity index (χ2v) is 10.7. The Morgan fingerprint density at radius 3 is 2.57 bits per heavy atom. The van der Waals surface area contributed by atoms with Crippen LogP contribution in [0.1, 0.15) is 0 Å². The summed E-state index contributed by atoms with van der Waals surface area (Å²) in [4.78, 5) is 4.36. The van der Waals surface area contributed by atoms with Crippen LogP contribution in [0.3, 0.4) is 0 Å². The summed E-state index contributed by atoms with van der Waals surface area (Å²) in [7, 11) is -1.46. The van der Waals surface area contributed by atoms with Crippen LogP contribution in [0.4, 0.5) is 5.69 Å². The molecule has 0 bridgehead atoms. The molecule has 0 radical (unpaired) electrons. The number of aromatic nitrogens is 1. The van der Waals surface area contributed by atoms with Crippen LogP contribution < -0.4 is 10.5 Å². The van der Waals surface area contributed by atoms with Crippen LogP contribution in [0.25, 0.3) is 10.9 Å². The molecule has 1 aromatic heterocycles. The molecular formula is C18H20N2Si. The van der Waals surface area contributed by atoms with E-state index >= 15 is 0 Å². The van der Waals surface area contributed by atoms with Gasteiger partial charge < -0.3 is 5.32 Å². The number of rotatable bonds is 4. The summed E-state index contributed by atoms with van der Waals surface area (Å²) in [5, 5.41) is 6.28. The Bertz CT molecular complexity index is 738. The molecule has 1 heterocycles. The highest BCUT2D eigenvalue weighted by Crippen LogP contribution is 2.17. The molecule has 0 aliphatic heterocycles. The second kappa shape index (κ2) is 5.70. The zero-order valence-corrected chi connectivity index (χ0v) is 13.5. The molecule has 0 spiro atoms. The van der Waals surface area contributed by atoms with E-state index in [4.69, 9.17) is 0 Å². The fraction of sp³-hybridized carbons (Fsp3) is 0.167. The summed E-state index contributed by atoms with van der Waals surface area (Å²) in [6.07, 6.45) is 2.86. The van der Waals surface area contributed by atoms with Gasteiger partial charge in [-0.05, 0) is 24.3 Å². The molecule has 0 saturated carbocycles. The molecule has 0 atom stereocenters. The number of fused-ring (bicyclic) bond motifs is 1. The van der Waals surface area contributed by atoms with Crippen LogP contribution in [0.15, 0.2) is 66.9 Å². The molecule has 106 valence electrons. The topological polar surface area (TPSA) is 24.9 Å². The smallest absolute Gasteiger partial charge is 0.101 e. The van der Waals surface area contributed by atoms with Crippen molar-refractivity contribution in [2.45, 2.75) is 13.1 Å². The molecular weight excluding hydrogens is 272 g/mol. The minimum atomic E-state index is -1.46. The molecule has 0 amide bonds. The highest BCUT2D eigenvalue weighted by atomic mass is 28.3. The number of pyridine rings is 1. The molecule has 21 heavy (non-hydrogen) atoms. The number of anilines is 1. The fourth-order valence-corrected chi connectivity index (χ4v) is 4.45. The van der Waals surface area contributed by atoms with Crippen molar-refractivity contribution in [2.24, 2.45) is 0 Å². The van der Waals surface area contributed by atoms with Crippen LogP contribution >= 0.6 is 0 Å². The Balaban J connectivity index is 1.77. The predicted molar refractivity (Wildman–Crippen MR) is 93.8 cm³/mol. The normalized spacial score (nSPS) is 11.5. The van der Waals surface area contributed by atoms with Crippen LogP contribution in [0, 0.1) is 0 Å². The number of benzene rings is 2. The highest BCUT2D eigenvalue weighted by molar-refractivity contribution is 6.90. The maximum atomic E-state index is 4.36. The number of hydrogen-bond acceptors (Lipinski definition) is 2. The average Bonchev–Trinajstić information content (AvgIpc) is 2.54. The van der Waals surface area contributed by atoms with E-state index in [1.165, 1.54) is 16.3 Å². The van der Waals surface area contributed by atoms with Crippen molar-refractivity contribution in [3.63, 3.8) is 0 Å². The number of nitrogens with one attached hydrogen (secondary N) is 1. The maximum absolute atomic E-state index is 4.36. The summed E-state index contributed by atoms with van der Waals surface area (Å²) in [6, 6.07) is 21.3. The lowest BCUT2D eigenvalue weighted by atomic mass is 10.2. The van der Waals surface area contributed by atoms with E-state index in [-0.39, 0.29) is 0 Å². The number of hydrogen-bond donors (Lipinski definition) is 1.